The number of amides is 1. The first-order chi connectivity index (χ1) is 11.6. The van der Waals surface area contributed by atoms with Gasteiger partial charge < -0.3 is 4.90 Å². The average molecular weight is 344 g/mol. The minimum absolute atomic E-state index is 0.173. The fourth-order valence-electron chi connectivity index (χ4n) is 2.87. The normalized spacial score (nSPS) is 14.8. The van der Waals surface area contributed by atoms with E-state index in [1.807, 2.05) is 30.3 Å². The predicted molar refractivity (Wildman–Crippen MR) is 92.9 cm³/mol. The van der Waals surface area contributed by atoms with Gasteiger partial charge in [-0.25, -0.2) is 13.1 Å². The highest BCUT2D eigenvalue weighted by Gasteiger charge is 2.23. The second kappa shape index (κ2) is 7.15. The molecule has 1 N–H and O–H groups in total. The van der Waals surface area contributed by atoms with E-state index in [0.717, 1.165) is 18.4 Å². The Labute approximate surface area is 142 Å². The molecule has 0 atom stereocenters. The topological polar surface area (TPSA) is 66.5 Å². The largest absolute Gasteiger partial charge is 0.342 e. The molecule has 3 rings (SSSR count). The van der Waals surface area contributed by atoms with Crippen LogP contribution in [-0.2, 0) is 14.8 Å². The highest BCUT2D eigenvalue weighted by Crippen LogP contribution is 2.26. The van der Waals surface area contributed by atoms with E-state index in [2.05, 4.69) is 4.72 Å². The Morgan fingerprint density at radius 1 is 0.958 bits per heavy atom. The van der Waals surface area contributed by atoms with Crippen LogP contribution in [-0.4, -0.2) is 38.9 Å². The molecule has 2 aromatic rings. The number of rotatable bonds is 5. The Hall–Kier alpha value is -2.18. The summed E-state index contributed by atoms with van der Waals surface area (Å²) in [5.41, 5.74) is 1.45. The van der Waals surface area contributed by atoms with E-state index in [0.29, 0.717) is 18.7 Å². The van der Waals surface area contributed by atoms with Gasteiger partial charge in [0.2, 0.25) is 15.9 Å². The van der Waals surface area contributed by atoms with E-state index in [-0.39, 0.29) is 17.3 Å². The standard InChI is InChI=1S/C18H20N2O3S/c21-18(20-12-6-7-13-20)14-19-24(22,23)17-11-5-4-10-16(17)15-8-2-1-3-9-15/h1-5,8-11,19H,6-7,12-14H2. The van der Waals surface area contributed by atoms with E-state index in [4.69, 9.17) is 0 Å². The van der Waals surface area contributed by atoms with Crippen LogP contribution in [0.15, 0.2) is 59.5 Å². The third-order valence-electron chi connectivity index (χ3n) is 4.13. The van der Waals surface area contributed by atoms with Gasteiger partial charge >= 0.3 is 0 Å². The van der Waals surface area contributed by atoms with Gasteiger partial charge in [-0.2, -0.15) is 0 Å². The van der Waals surface area contributed by atoms with E-state index >= 15 is 0 Å². The lowest BCUT2D eigenvalue weighted by Crippen LogP contribution is -2.38. The molecular weight excluding hydrogens is 324 g/mol. The number of likely N-dealkylation sites (tertiary alicyclic amines) is 1. The van der Waals surface area contributed by atoms with Gasteiger partial charge in [0.1, 0.15) is 0 Å². The number of nitrogens with zero attached hydrogens (tertiary/aromatic N) is 1. The van der Waals surface area contributed by atoms with Gasteiger partial charge in [0, 0.05) is 18.7 Å². The molecular formula is C18H20N2O3S. The van der Waals surface area contributed by atoms with Crippen molar-refractivity contribution in [2.75, 3.05) is 19.6 Å². The Kier molecular flexibility index (Phi) is 4.97. The average Bonchev–Trinajstić information content (AvgIpc) is 3.15. The first-order valence-electron chi connectivity index (χ1n) is 8.00. The molecule has 2 aromatic carbocycles. The van der Waals surface area contributed by atoms with Gasteiger partial charge in [0.05, 0.1) is 11.4 Å². The fraction of sp³-hybridized carbons (Fsp3) is 0.278. The van der Waals surface area contributed by atoms with Gasteiger partial charge in [-0.3, -0.25) is 4.79 Å². The van der Waals surface area contributed by atoms with Gasteiger partial charge in [-0.15, -0.1) is 0 Å². The number of hydrogen-bond donors (Lipinski definition) is 1. The minimum atomic E-state index is -3.76. The molecule has 6 heteroatoms. The Morgan fingerprint density at radius 3 is 2.29 bits per heavy atom. The van der Waals surface area contributed by atoms with Crippen LogP contribution in [0.5, 0.6) is 0 Å². The molecule has 1 amide bonds. The van der Waals surface area contributed by atoms with Crippen LogP contribution in [0, 0.1) is 0 Å². The van der Waals surface area contributed by atoms with Crippen molar-refractivity contribution in [3.8, 4) is 11.1 Å². The molecule has 1 saturated heterocycles. The molecule has 0 unspecified atom stereocenters. The number of sulfonamides is 1. The third-order valence-corrected chi connectivity index (χ3v) is 5.59. The highest BCUT2D eigenvalue weighted by molar-refractivity contribution is 7.89. The van der Waals surface area contributed by atoms with E-state index < -0.39 is 10.0 Å². The molecule has 24 heavy (non-hydrogen) atoms. The van der Waals surface area contributed by atoms with Crippen molar-refractivity contribution >= 4 is 15.9 Å². The van der Waals surface area contributed by atoms with E-state index in [1.54, 1.807) is 29.2 Å². The SMILES string of the molecule is O=C(CNS(=O)(=O)c1ccccc1-c1ccccc1)N1CCCC1. The Bertz CT molecular complexity index is 813. The summed E-state index contributed by atoms with van der Waals surface area (Å²) in [6, 6.07) is 16.2. The summed E-state index contributed by atoms with van der Waals surface area (Å²) in [6.45, 7) is 1.22. The lowest BCUT2D eigenvalue weighted by atomic mass is 10.1. The van der Waals surface area contributed by atoms with Gasteiger partial charge in [0.25, 0.3) is 0 Å². The Morgan fingerprint density at radius 2 is 1.58 bits per heavy atom. The second-order valence-electron chi connectivity index (χ2n) is 5.77. The maximum absolute atomic E-state index is 12.7. The van der Waals surface area contributed by atoms with Crippen molar-refractivity contribution in [3.05, 3.63) is 54.6 Å². The maximum atomic E-state index is 12.7. The summed E-state index contributed by atoms with van der Waals surface area (Å²) in [5, 5.41) is 0. The number of benzene rings is 2. The van der Waals surface area contributed by atoms with Crippen LogP contribution in [0.2, 0.25) is 0 Å². The summed E-state index contributed by atoms with van der Waals surface area (Å²) in [7, 11) is -3.76. The van der Waals surface area contributed by atoms with Crippen molar-refractivity contribution in [2.45, 2.75) is 17.7 Å². The lowest BCUT2D eigenvalue weighted by molar-refractivity contribution is -0.128. The highest BCUT2D eigenvalue weighted by atomic mass is 32.2. The zero-order valence-corrected chi connectivity index (χ0v) is 14.1. The molecule has 1 heterocycles. The van der Waals surface area contributed by atoms with Gasteiger partial charge in [-0.05, 0) is 24.5 Å². The summed E-state index contributed by atoms with van der Waals surface area (Å²) in [4.78, 5) is 14.0. The molecule has 0 aromatic heterocycles. The smallest absolute Gasteiger partial charge is 0.241 e. The number of carbonyl (C=O) groups is 1. The van der Waals surface area contributed by atoms with Crippen LogP contribution >= 0.6 is 0 Å². The number of nitrogens with one attached hydrogen (secondary N) is 1. The van der Waals surface area contributed by atoms with E-state index in [9.17, 15) is 13.2 Å². The molecule has 5 nitrogen and oxygen atoms in total. The molecule has 0 saturated carbocycles. The zero-order valence-electron chi connectivity index (χ0n) is 13.3. The van der Waals surface area contributed by atoms with Crippen molar-refractivity contribution < 1.29 is 13.2 Å². The molecule has 0 bridgehead atoms. The second-order valence-corrected chi connectivity index (χ2v) is 7.51. The first kappa shape index (κ1) is 16.7. The molecule has 1 aliphatic rings. The van der Waals surface area contributed by atoms with Crippen molar-refractivity contribution in [1.29, 1.82) is 0 Å². The van der Waals surface area contributed by atoms with Crippen LogP contribution < -0.4 is 4.72 Å². The summed E-state index contributed by atoms with van der Waals surface area (Å²) in [6.07, 6.45) is 1.96. The third kappa shape index (κ3) is 3.66. The monoisotopic (exact) mass is 344 g/mol. The fourth-order valence-corrected chi connectivity index (χ4v) is 4.07. The Balaban J connectivity index is 1.81. The quantitative estimate of drug-likeness (QED) is 0.905. The van der Waals surface area contributed by atoms with Crippen LogP contribution in [0.25, 0.3) is 11.1 Å². The maximum Gasteiger partial charge on any atom is 0.241 e. The van der Waals surface area contributed by atoms with Gasteiger partial charge in [-0.1, -0.05) is 48.5 Å². The van der Waals surface area contributed by atoms with Crippen molar-refractivity contribution in [2.24, 2.45) is 0 Å². The van der Waals surface area contributed by atoms with Crippen LogP contribution in [0.4, 0.5) is 0 Å². The summed E-state index contributed by atoms with van der Waals surface area (Å²) >= 11 is 0. The van der Waals surface area contributed by atoms with Crippen LogP contribution in [0.3, 0.4) is 0 Å². The number of hydrogen-bond acceptors (Lipinski definition) is 3. The van der Waals surface area contributed by atoms with E-state index in [1.165, 1.54) is 0 Å². The van der Waals surface area contributed by atoms with Gasteiger partial charge in [0.15, 0.2) is 0 Å². The van der Waals surface area contributed by atoms with Crippen molar-refractivity contribution in [1.82, 2.24) is 9.62 Å². The minimum Gasteiger partial charge on any atom is -0.342 e. The molecule has 0 radical (unpaired) electrons. The molecule has 126 valence electrons. The van der Waals surface area contributed by atoms with Crippen LogP contribution in [0.1, 0.15) is 12.8 Å². The molecule has 0 spiro atoms. The van der Waals surface area contributed by atoms with Crippen molar-refractivity contribution in [3.63, 3.8) is 0 Å². The first-order valence-corrected chi connectivity index (χ1v) is 9.48. The number of carbonyl (C=O) groups excluding carboxylic acids is 1. The lowest BCUT2D eigenvalue weighted by Gasteiger charge is -2.16. The molecule has 0 aliphatic carbocycles. The molecule has 1 fully saturated rings. The predicted octanol–water partition coefficient (Wildman–Crippen LogP) is 2.25. The summed E-state index contributed by atoms with van der Waals surface area (Å²) < 4.78 is 27.8. The molecule has 1 aliphatic heterocycles. The zero-order chi connectivity index (χ0) is 17.0. The summed E-state index contributed by atoms with van der Waals surface area (Å²) in [5.74, 6) is -0.173.